The standard InChI is InChI=1S/C17H30N2O2/c1-19(2)16(20)15-11-13(5-9-18-15)14-6-10-21-17(12-14)7-3-4-8-17/h13-15,18H,3-12H2,1-2H3. The van der Waals surface area contributed by atoms with Gasteiger partial charge in [0.1, 0.15) is 0 Å². The summed E-state index contributed by atoms with van der Waals surface area (Å²) in [4.78, 5) is 13.9. The van der Waals surface area contributed by atoms with Crippen LogP contribution in [0.1, 0.15) is 51.4 Å². The van der Waals surface area contributed by atoms with Gasteiger partial charge in [-0.1, -0.05) is 12.8 Å². The molecule has 1 amide bonds. The van der Waals surface area contributed by atoms with Gasteiger partial charge in [-0.2, -0.15) is 0 Å². The monoisotopic (exact) mass is 294 g/mol. The molecule has 3 rings (SSSR count). The van der Waals surface area contributed by atoms with E-state index in [0.29, 0.717) is 5.92 Å². The van der Waals surface area contributed by atoms with Crippen molar-refractivity contribution in [2.45, 2.75) is 63.0 Å². The predicted octanol–water partition coefficient (Wildman–Crippen LogP) is 2.18. The molecular weight excluding hydrogens is 264 g/mol. The molecule has 0 bridgehead atoms. The number of nitrogens with zero attached hydrogens (tertiary/aromatic N) is 1. The number of rotatable bonds is 2. The molecule has 0 aromatic heterocycles. The van der Waals surface area contributed by atoms with E-state index in [-0.39, 0.29) is 17.6 Å². The van der Waals surface area contributed by atoms with Crippen molar-refractivity contribution < 1.29 is 9.53 Å². The summed E-state index contributed by atoms with van der Waals surface area (Å²) in [5.41, 5.74) is 0.203. The molecule has 3 fully saturated rings. The number of amides is 1. The largest absolute Gasteiger partial charge is 0.375 e. The average Bonchev–Trinajstić information content (AvgIpc) is 2.94. The zero-order chi connectivity index (χ0) is 14.9. The van der Waals surface area contributed by atoms with Crippen LogP contribution in [-0.2, 0) is 9.53 Å². The summed E-state index contributed by atoms with van der Waals surface area (Å²) >= 11 is 0. The van der Waals surface area contributed by atoms with Crippen molar-refractivity contribution in [3.63, 3.8) is 0 Å². The fourth-order valence-corrected chi connectivity index (χ4v) is 4.71. The molecule has 1 aliphatic carbocycles. The van der Waals surface area contributed by atoms with Gasteiger partial charge in [-0.25, -0.2) is 0 Å². The summed E-state index contributed by atoms with van der Waals surface area (Å²) in [6, 6.07) is 0.0288. The van der Waals surface area contributed by atoms with Gasteiger partial charge in [-0.3, -0.25) is 4.79 Å². The first kappa shape index (κ1) is 15.3. The van der Waals surface area contributed by atoms with E-state index >= 15 is 0 Å². The Morgan fingerprint density at radius 2 is 1.95 bits per heavy atom. The summed E-state index contributed by atoms with van der Waals surface area (Å²) in [5, 5.41) is 3.41. The Morgan fingerprint density at radius 3 is 2.67 bits per heavy atom. The van der Waals surface area contributed by atoms with Crippen LogP contribution in [0, 0.1) is 11.8 Å². The SMILES string of the molecule is CN(C)C(=O)C1CC(C2CCOC3(CCCC3)C2)CCN1. The molecule has 120 valence electrons. The first-order valence-electron chi connectivity index (χ1n) is 8.68. The molecule has 4 nitrogen and oxygen atoms in total. The first-order valence-corrected chi connectivity index (χ1v) is 8.68. The minimum absolute atomic E-state index is 0.0288. The normalized spacial score (nSPS) is 35.8. The molecular formula is C17H30N2O2. The fourth-order valence-electron chi connectivity index (χ4n) is 4.71. The minimum Gasteiger partial charge on any atom is -0.375 e. The molecule has 3 unspecified atom stereocenters. The molecule has 2 saturated heterocycles. The summed E-state index contributed by atoms with van der Waals surface area (Å²) < 4.78 is 6.17. The molecule has 2 heterocycles. The Bertz CT molecular complexity index is 377. The van der Waals surface area contributed by atoms with E-state index in [1.165, 1.54) is 44.9 Å². The van der Waals surface area contributed by atoms with Crippen molar-refractivity contribution in [1.82, 2.24) is 10.2 Å². The number of hydrogen-bond donors (Lipinski definition) is 1. The molecule has 3 atom stereocenters. The lowest BCUT2D eigenvalue weighted by atomic mass is 9.73. The number of hydrogen-bond acceptors (Lipinski definition) is 3. The van der Waals surface area contributed by atoms with Crippen LogP contribution in [0.4, 0.5) is 0 Å². The molecule has 2 aliphatic heterocycles. The molecule has 21 heavy (non-hydrogen) atoms. The van der Waals surface area contributed by atoms with Crippen LogP contribution in [0.5, 0.6) is 0 Å². The van der Waals surface area contributed by atoms with Gasteiger partial charge >= 0.3 is 0 Å². The minimum atomic E-state index is 0.0288. The van der Waals surface area contributed by atoms with Crippen LogP contribution in [0.3, 0.4) is 0 Å². The van der Waals surface area contributed by atoms with E-state index in [4.69, 9.17) is 4.74 Å². The maximum absolute atomic E-state index is 12.2. The maximum atomic E-state index is 12.2. The fraction of sp³-hybridized carbons (Fsp3) is 0.941. The summed E-state index contributed by atoms with van der Waals surface area (Å²) in [6.45, 7) is 1.92. The van der Waals surface area contributed by atoms with Gasteiger partial charge in [0, 0.05) is 20.7 Å². The van der Waals surface area contributed by atoms with Crippen molar-refractivity contribution >= 4 is 5.91 Å². The smallest absolute Gasteiger partial charge is 0.239 e. The van der Waals surface area contributed by atoms with Crippen LogP contribution in [0.15, 0.2) is 0 Å². The van der Waals surface area contributed by atoms with Crippen LogP contribution >= 0.6 is 0 Å². The van der Waals surface area contributed by atoms with Crippen LogP contribution in [0.2, 0.25) is 0 Å². The molecule has 4 heteroatoms. The second kappa shape index (κ2) is 6.25. The van der Waals surface area contributed by atoms with E-state index in [0.717, 1.165) is 25.5 Å². The third kappa shape index (κ3) is 3.26. The average molecular weight is 294 g/mol. The summed E-state index contributed by atoms with van der Waals surface area (Å²) in [7, 11) is 3.71. The van der Waals surface area contributed by atoms with Gasteiger partial charge in [0.15, 0.2) is 0 Å². The second-order valence-electron chi connectivity index (χ2n) is 7.52. The highest BCUT2D eigenvalue weighted by Gasteiger charge is 2.43. The van der Waals surface area contributed by atoms with E-state index in [9.17, 15) is 4.79 Å². The number of nitrogens with one attached hydrogen (secondary N) is 1. The molecule has 1 N–H and O–H groups in total. The highest BCUT2D eigenvalue weighted by Crippen LogP contribution is 2.45. The Labute approximate surface area is 128 Å². The van der Waals surface area contributed by atoms with Crippen molar-refractivity contribution in [1.29, 1.82) is 0 Å². The van der Waals surface area contributed by atoms with Crippen LogP contribution < -0.4 is 5.32 Å². The van der Waals surface area contributed by atoms with E-state index in [1.54, 1.807) is 4.90 Å². The number of carbonyl (C=O) groups is 1. The lowest BCUT2D eigenvalue weighted by Gasteiger charge is -2.43. The summed E-state index contributed by atoms with van der Waals surface area (Å²) in [6.07, 6.45) is 9.84. The van der Waals surface area contributed by atoms with E-state index in [2.05, 4.69) is 5.32 Å². The molecule has 3 aliphatic rings. The number of carbonyl (C=O) groups excluding carboxylic acids is 1. The lowest BCUT2D eigenvalue weighted by Crippen LogP contribution is -2.50. The number of piperidine rings is 1. The van der Waals surface area contributed by atoms with Crippen LogP contribution in [0.25, 0.3) is 0 Å². The molecule has 1 spiro atoms. The number of likely N-dealkylation sites (N-methyl/N-ethyl adjacent to an activating group) is 1. The summed E-state index contributed by atoms with van der Waals surface area (Å²) in [5.74, 6) is 1.69. The topological polar surface area (TPSA) is 41.6 Å². The Kier molecular flexibility index (Phi) is 4.55. The Morgan fingerprint density at radius 1 is 1.19 bits per heavy atom. The van der Waals surface area contributed by atoms with Gasteiger partial charge in [-0.15, -0.1) is 0 Å². The Balaban J connectivity index is 1.62. The van der Waals surface area contributed by atoms with Crippen molar-refractivity contribution in [3.05, 3.63) is 0 Å². The van der Waals surface area contributed by atoms with E-state index < -0.39 is 0 Å². The molecule has 0 radical (unpaired) electrons. The number of ether oxygens (including phenoxy) is 1. The highest BCUT2D eigenvalue weighted by molar-refractivity contribution is 5.81. The quantitative estimate of drug-likeness (QED) is 0.849. The van der Waals surface area contributed by atoms with Gasteiger partial charge in [0.25, 0.3) is 0 Å². The van der Waals surface area contributed by atoms with E-state index in [1.807, 2.05) is 14.1 Å². The maximum Gasteiger partial charge on any atom is 0.239 e. The van der Waals surface area contributed by atoms with Gasteiger partial charge in [-0.05, 0) is 56.9 Å². The van der Waals surface area contributed by atoms with Crippen molar-refractivity contribution in [2.75, 3.05) is 27.2 Å². The zero-order valence-electron chi connectivity index (χ0n) is 13.6. The van der Waals surface area contributed by atoms with Crippen LogP contribution in [-0.4, -0.2) is 49.7 Å². The predicted molar refractivity (Wildman–Crippen MR) is 83.1 cm³/mol. The second-order valence-corrected chi connectivity index (χ2v) is 7.52. The third-order valence-electron chi connectivity index (χ3n) is 5.90. The Hall–Kier alpha value is -0.610. The molecule has 0 aromatic rings. The third-order valence-corrected chi connectivity index (χ3v) is 5.90. The zero-order valence-corrected chi connectivity index (χ0v) is 13.6. The van der Waals surface area contributed by atoms with Gasteiger partial charge in [0.05, 0.1) is 11.6 Å². The van der Waals surface area contributed by atoms with Crippen molar-refractivity contribution in [2.24, 2.45) is 11.8 Å². The lowest BCUT2D eigenvalue weighted by molar-refractivity contribution is -0.133. The van der Waals surface area contributed by atoms with Crippen molar-refractivity contribution in [3.8, 4) is 0 Å². The van der Waals surface area contributed by atoms with Gasteiger partial charge in [0.2, 0.25) is 5.91 Å². The molecule has 1 saturated carbocycles. The van der Waals surface area contributed by atoms with Gasteiger partial charge < -0.3 is 15.0 Å². The first-order chi connectivity index (χ1) is 10.1. The highest BCUT2D eigenvalue weighted by atomic mass is 16.5. The molecule has 0 aromatic carbocycles.